The lowest BCUT2D eigenvalue weighted by atomic mass is 10.1. The molecule has 3 heterocycles. The Morgan fingerprint density at radius 3 is 2.76 bits per heavy atom. The highest BCUT2D eigenvalue weighted by Crippen LogP contribution is 2.25. The van der Waals surface area contributed by atoms with Crippen LogP contribution in [-0.4, -0.2) is 36.8 Å². The number of nitrogens with zero attached hydrogens (tertiary/aromatic N) is 4. The summed E-state index contributed by atoms with van der Waals surface area (Å²) in [7, 11) is 0. The van der Waals surface area contributed by atoms with Crippen molar-refractivity contribution in [3.63, 3.8) is 0 Å². The summed E-state index contributed by atoms with van der Waals surface area (Å²) in [6, 6.07) is 16.6. The van der Waals surface area contributed by atoms with Gasteiger partial charge in [0.2, 0.25) is 5.91 Å². The molecule has 0 aliphatic rings. The number of aromatic amines is 1. The van der Waals surface area contributed by atoms with Gasteiger partial charge >= 0.3 is 0 Å². The number of carbonyl (C=O) groups excluding carboxylic acids is 2. The third kappa shape index (κ3) is 4.19. The van der Waals surface area contributed by atoms with Gasteiger partial charge in [-0.1, -0.05) is 24.3 Å². The molecule has 0 saturated heterocycles. The van der Waals surface area contributed by atoms with E-state index in [-0.39, 0.29) is 5.91 Å². The van der Waals surface area contributed by atoms with Crippen LogP contribution in [0.2, 0.25) is 0 Å². The second kappa shape index (κ2) is 8.39. The molecule has 2 aromatic carbocycles. The average Bonchev–Trinajstić information content (AvgIpc) is 3.46. The van der Waals surface area contributed by atoms with Crippen LogP contribution in [0.5, 0.6) is 0 Å². The van der Waals surface area contributed by atoms with Crippen LogP contribution in [0, 0.1) is 0 Å². The fraction of sp³-hybridized carbons (Fsp3) is 0.0417. The molecule has 4 N–H and O–H groups in total. The highest BCUT2D eigenvalue weighted by Gasteiger charge is 2.16. The van der Waals surface area contributed by atoms with Crippen molar-refractivity contribution in [3.8, 4) is 11.1 Å². The van der Waals surface area contributed by atoms with Crippen molar-refractivity contribution in [3.05, 3.63) is 96.2 Å². The second-order valence-corrected chi connectivity index (χ2v) is 7.52. The van der Waals surface area contributed by atoms with Crippen LogP contribution in [-0.2, 0) is 6.54 Å². The smallest absolute Gasteiger partial charge is 0.276 e. The standard InChI is InChI=1S/C24H19N7O2/c25-23(32)17-4-1-3-15(9-17)13-31-14-19(12-27-31)28-24(33)22-20-7-6-16(10-21(20)29-30-22)18-5-2-8-26-11-18/h1-12,14H,13H2,(H2,25,32)(H,28,33)(H,29,30). The molecule has 9 nitrogen and oxygen atoms in total. The molecule has 0 radical (unpaired) electrons. The van der Waals surface area contributed by atoms with Gasteiger partial charge in [0.05, 0.1) is 23.9 Å². The van der Waals surface area contributed by atoms with Crippen molar-refractivity contribution in [2.24, 2.45) is 5.73 Å². The monoisotopic (exact) mass is 437 g/mol. The molecule has 0 saturated carbocycles. The predicted molar refractivity (Wildman–Crippen MR) is 124 cm³/mol. The number of benzene rings is 2. The van der Waals surface area contributed by atoms with E-state index in [1.165, 1.54) is 0 Å². The van der Waals surface area contributed by atoms with Crippen LogP contribution >= 0.6 is 0 Å². The van der Waals surface area contributed by atoms with Gasteiger partial charge in [-0.2, -0.15) is 10.2 Å². The zero-order valence-electron chi connectivity index (χ0n) is 17.4. The first-order valence-electron chi connectivity index (χ1n) is 10.2. The van der Waals surface area contributed by atoms with Crippen LogP contribution in [0.25, 0.3) is 22.0 Å². The topological polar surface area (TPSA) is 132 Å². The molecule has 2 amide bonds. The number of hydrogen-bond donors (Lipinski definition) is 3. The molecule has 0 atom stereocenters. The summed E-state index contributed by atoms with van der Waals surface area (Å²) in [4.78, 5) is 28.4. The maximum atomic E-state index is 12.8. The van der Waals surface area contributed by atoms with Crippen molar-refractivity contribution in [1.29, 1.82) is 0 Å². The molecule has 9 heteroatoms. The lowest BCUT2D eigenvalue weighted by molar-refractivity contribution is 0.0997. The highest BCUT2D eigenvalue weighted by atomic mass is 16.2. The van der Waals surface area contributed by atoms with Crippen LogP contribution in [0.1, 0.15) is 26.4 Å². The Morgan fingerprint density at radius 1 is 1.03 bits per heavy atom. The molecule has 0 bridgehead atoms. The summed E-state index contributed by atoms with van der Waals surface area (Å²) in [6.07, 6.45) is 6.78. The van der Waals surface area contributed by atoms with Crippen molar-refractivity contribution in [2.75, 3.05) is 5.32 Å². The van der Waals surface area contributed by atoms with Crippen LogP contribution in [0.3, 0.4) is 0 Å². The van der Waals surface area contributed by atoms with E-state index in [9.17, 15) is 9.59 Å². The van der Waals surface area contributed by atoms with Gasteiger partial charge in [0, 0.05) is 35.1 Å². The molecule has 5 aromatic rings. The number of aromatic nitrogens is 5. The number of amides is 2. The largest absolute Gasteiger partial charge is 0.366 e. The van der Waals surface area contributed by atoms with E-state index in [2.05, 4.69) is 25.6 Å². The maximum Gasteiger partial charge on any atom is 0.276 e. The molecular weight excluding hydrogens is 418 g/mol. The highest BCUT2D eigenvalue weighted by molar-refractivity contribution is 6.11. The van der Waals surface area contributed by atoms with Crippen molar-refractivity contribution < 1.29 is 9.59 Å². The van der Waals surface area contributed by atoms with E-state index in [0.717, 1.165) is 27.6 Å². The van der Waals surface area contributed by atoms with Gasteiger partial charge in [-0.05, 0) is 41.5 Å². The van der Waals surface area contributed by atoms with Gasteiger partial charge in [0.15, 0.2) is 5.69 Å². The average molecular weight is 437 g/mol. The lowest BCUT2D eigenvalue weighted by Gasteiger charge is -2.04. The van der Waals surface area contributed by atoms with Crippen LogP contribution in [0.4, 0.5) is 5.69 Å². The number of fused-ring (bicyclic) bond motifs is 1. The number of anilines is 1. The number of pyridine rings is 1. The summed E-state index contributed by atoms with van der Waals surface area (Å²) >= 11 is 0. The molecule has 0 spiro atoms. The van der Waals surface area contributed by atoms with Crippen LogP contribution in [0.15, 0.2) is 79.4 Å². The molecule has 3 aromatic heterocycles. The van der Waals surface area contributed by atoms with E-state index in [1.807, 2.05) is 36.4 Å². The third-order valence-corrected chi connectivity index (χ3v) is 5.22. The minimum atomic E-state index is -0.482. The SMILES string of the molecule is NC(=O)c1cccc(Cn2cc(NC(=O)c3n[nH]c4cc(-c5cccnc5)ccc34)cn2)c1. The number of hydrogen-bond acceptors (Lipinski definition) is 5. The van der Waals surface area contributed by atoms with Crippen LogP contribution < -0.4 is 11.1 Å². The summed E-state index contributed by atoms with van der Waals surface area (Å²) < 4.78 is 1.67. The third-order valence-electron chi connectivity index (χ3n) is 5.22. The van der Waals surface area contributed by atoms with E-state index in [1.54, 1.807) is 47.7 Å². The maximum absolute atomic E-state index is 12.8. The van der Waals surface area contributed by atoms with Gasteiger partial charge in [-0.25, -0.2) is 0 Å². The number of nitrogens with one attached hydrogen (secondary N) is 2. The molecule has 0 aliphatic heterocycles. The quantitative estimate of drug-likeness (QED) is 0.375. The number of nitrogens with two attached hydrogens (primary N) is 1. The Balaban J connectivity index is 1.31. The molecule has 162 valence electrons. The van der Waals surface area contributed by atoms with E-state index < -0.39 is 5.91 Å². The molecule has 5 rings (SSSR count). The number of H-pyrrole nitrogens is 1. The van der Waals surface area contributed by atoms with Crippen molar-refractivity contribution in [2.45, 2.75) is 6.54 Å². The fourth-order valence-corrected chi connectivity index (χ4v) is 3.62. The zero-order valence-corrected chi connectivity index (χ0v) is 17.4. The minimum absolute atomic E-state index is 0.296. The van der Waals surface area contributed by atoms with Crippen molar-refractivity contribution in [1.82, 2.24) is 25.0 Å². The molecule has 33 heavy (non-hydrogen) atoms. The Morgan fingerprint density at radius 2 is 1.94 bits per heavy atom. The number of primary amides is 1. The fourth-order valence-electron chi connectivity index (χ4n) is 3.62. The summed E-state index contributed by atoms with van der Waals surface area (Å²) in [5.74, 6) is -0.824. The van der Waals surface area contributed by atoms with Gasteiger partial charge in [0.1, 0.15) is 0 Å². The predicted octanol–water partition coefficient (Wildman–Crippen LogP) is 3.22. The summed E-state index contributed by atoms with van der Waals surface area (Å²) in [6.45, 7) is 0.430. The molecule has 0 aliphatic carbocycles. The van der Waals surface area contributed by atoms with Crippen molar-refractivity contribution >= 4 is 28.4 Å². The first-order chi connectivity index (χ1) is 16.1. The Bertz CT molecular complexity index is 1470. The minimum Gasteiger partial charge on any atom is -0.366 e. The molecule has 0 unspecified atom stereocenters. The normalized spacial score (nSPS) is 10.9. The first-order valence-corrected chi connectivity index (χ1v) is 10.2. The van der Waals surface area contributed by atoms with Gasteiger partial charge in [0.25, 0.3) is 5.91 Å². The number of carbonyl (C=O) groups is 2. The van der Waals surface area contributed by atoms with E-state index in [0.29, 0.717) is 23.5 Å². The number of rotatable bonds is 6. The Hall–Kier alpha value is -4.79. The molecule has 0 fully saturated rings. The Labute approximate surface area is 188 Å². The molecular formula is C24H19N7O2. The summed E-state index contributed by atoms with van der Waals surface area (Å²) in [5.41, 5.74) is 10.2. The van der Waals surface area contributed by atoms with Gasteiger partial charge in [-0.3, -0.25) is 24.4 Å². The Kier molecular flexibility index (Phi) is 5.12. The van der Waals surface area contributed by atoms with E-state index in [4.69, 9.17) is 5.73 Å². The first kappa shape index (κ1) is 20.1. The van der Waals surface area contributed by atoms with E-state index >= 15 is 0 Å². The van der Waals surface area contributed by atoms with Gasteiger partial charge in [-0.15, -0.1) is 0 Å². The zero-order chi connectivity index (χ0) is 22.8. The summed E-state index contributed by atoms with van der Waals surface area (Å²) in [5, 5.41) is 15.0. The van der Waals surface area contributed by atoms with Gasteiger partial charge < -0.3 is 11.1 Å². The lowest BCUT2D eigenvalue weighted by Crippen LogP contribution is -2.12. The second-order valence-electron chi connectivity index (χ2n) is 7.52.